The number of β-lactam (4-membered cyclic amide) rings is 1. The van der Waals surface area contributed by atoms with Gasteiger partial charge in [0.2, 0.25) is 17.7 Å². The summed E-state index contributed by atoms with van der Waals surface area (Å²) in [5.41, 5.74) is 0.680. The summed E-state index contributed by atoms with van der Waals surface area (Å²) in [6.45, 7) is 3.79. The fourth-order valence-electron chi connectivity index (χ4n) is 4.31. The highest BCUT2D eigenvalue weighted by molar-refractivity contribution is 8.01. The van der Waals surface area contributed by atoms with Crippen molar-refractivity contribution in [3.05, 3.63) is 24.3 Å². The van der Waals surface area contributed by atoms with Crippen LogP contribution in [0.4, 0.5) is 5.69 Å². The number of aliphatic carboxylic acids is 1. The molecular weight excluding hydrogens is 410 g/mol. The Labute approximate surface area is 177 Å². The Kier molecular flexibility index (Phi) is 4.92. The predicted molar refractivity (Wildman–Crippen MR) is 109 cm³/mol. The number of nitrogens with zero attached hydrogens (tertiary/aromatic N) is 2. The summed E-state index contributed by atoms with van der Waals surface area (Å²) in [4.78, 5) is 52.2. The number of carbonyl (C=O) groups excluding carboxylic acids is 3. The Bertz CT molecular complexity index is 918. The first-order chi connectivity index (χ1) is 14.1. The van der Waals surface area contributed by atoms with Crippen molar-refractivity contribution in [2.75, 3.05) is 18.6 Å². The molecule has 3 aliphatic heterocycles. The number of thioether (sulfide) groups is 1. The first-order valence-corrected chi connectivity index (χ1v) is 10.5. The van der Waals surface area contributed by atoms with Crippen LogP contribution >= 0.6 is 11.8 Å². The number of carboxylic acid groups (broad SMARTS) is 1. The first-order valence-electron chi connectivity index (χ1n) is 9.61. The molecule has 3 fully saturated rings. The van der Waals surface area contributed by atoms with Crippen LogP contribution in [-0.4, -0.2) is 69.6 Å². The minimum atomic E-state index is -1.05. The van der Waals surface area contributed by atoms with Crippen molar-refractivity contribution in [3.63, 3.8) is 0 Å². The third-order valence-corrected chi connectivity index (χ3v) is 7.42. The van der Waals surface area contributed by atoms with Crippen LogP contribution in [0.1, 0.15) is 20.3 Å². The summed E-state index contributed by atoms with van der Waals surface area (Å²) < 4.78 is 4.47. The Morgan fingerprint density at radius 1 is 1.23 bits per heavy atom. The maximum Gasteiger partial charge on any atom is 0.327 e. The molecular formula is C20H23N3O6S. The Hall–Kier alpha value is -2.75. The molecule has 3 heterocycles. The first kappa shape index (κ1) is 20.5. The fraction of sp³-hybridized carbons (Fsp3) is 0.500. The van der Waals surface area contributed by atoms with E-state index < -0.39 is 40.0 Å². The highest BCUT2D eigenvalue weighted by Crippen LogP contribution is 2.50. The lowest BCUT2D eigenvalue weighted by Gasteiger charge is -2.43. The number of carbonyl (C=O) groups is 4. The molecule has 9 nitrogen and oxygen atoms in total. The molecule has 0 radical (unpaired) electrons. The van der Waals surface area contributed by atoms with Crippen LogP contribution in [0.2, 0.25) is 0 Å². The number of hydrogen-bond acceptors (Lipinski definition) is 6. The zero-order chi connectivity index (χ0) is 21.8. The van der Waals surface area contributed by atoms with Crippen LogP contribution in [0.15, 0.2) is 24.3 Å². The van der Waals surface area contributed by atoms with Gasteiger partial charge in [0.15, 0.2) is 0 Å². The molecule has 3 amide bonds. The van der Waals surface area contributed by atoms with Crippen molar-refractivity contribution < 1.29 is 29.0 Å². The molecule has 0 aliphatic carbocycles. The third-order valence-electron chi connectivity index (χ3n) is 5.85. The van der Waals surface area contributed by atoms with Crippen molar-refractivity contribution in [2.45, 2.75) is 42.5 Å². The van der Waals surface area contributed by atoms with Gasteiger partial charge in [-0.3, -0.25) is 14.4 Å². The predicted octanol–water partition coefficient (Wildman–Crippen LogP) is 0.680. The van der Waals surface area contributed by atoms with Crippen LogP contribution < -0.4 is 15.0 Å². The van der Waals surface area contributed by atoms with Gasteiger partial charge in [-0.05, 0) is 38.1 Å². The highest BCUT2D eigenvalue weighted by atomic mass is 32.2. The smallest absolute Gasteiger partial charge is 0.327 e. The summed E-state index contributed by atoms with van der Waals surface area (Å²) in [5, 5.41) is 11.8. The molecule has 0 aromatic heterocycles. The minimum Gasteiger partial charge on any atom is -0.497 e. The van der Waals surface area contributed by atoms with E-state index in [4.69, 9.17) is 4.74 Å². The lowest BCUT2D eigenvalue weighted by atomic mass is 9.95. The number of fused-ring (bicyclic) bond motifs is 1. The number of carboxylic acids is 1. The molecule has 0 saturated carbocycles. The van der Waals surface area contributed by atoms with Gasteiger partial charge in [0.05, 0.1) is 13.0 Å². The number of amides is 3. The zero-order valence-electron chi connectivity index (χ0n) is 16.8. The van der Waals surface area contributed by atoms with Crippen molar-refractivity contribution >= 4 is 41.1 Å². The van der Waals surface area contributed by atoms with E-state index in [-0.39, 0.29) is 24.8 Å². The average Bonchev–Trinajstić information content (AvgIpc) is 3.21. The van der Waals surface area contributed by atoms with E-state index in [1.807, 2.05) is 0 Å². The van der Waals surface area contributed by atoms with Gasteiger partial charge >= 0.3 is 5.97 Å². The van der Waals surface area contributed by atoms with Gasteiger partial charge < -0.3 is 25.0 Å². The van der Waals surface area contributed by atoms with Gasteiger partial charge in [0.1, 0.15) is 23.2 Å². The van der Waals surface area contributed by atoms with Gasteiger partial charge in [0.25, 0.3) is 0 Å². The molecule has 4 atom stereocenters. The standard InChI is InChI=1S/C20H23N3O6S/c1-20(2)15(19(27)28)23-17(26)14(18(23)30-20)21-16(25)10-8-13(24)22(9-10)11-4-6-12(29-3)7-5-11/h4-7,10,14-15,18H,8-9H2,1-3H3,(H,21,25)(H,27,28)/t10?,14-,15+,18-/m1/s1. The summed E-state index contributed by atoms with van der Waals surface area (Å²) in [6, 6.07) is 5.31. The normalized spacial score (nSPS) is 29.4. The SMILES string of the molecule is COc1ccc(N2CC(C(=O)N[C@@H]3C(=O)N4[C@@H]3SC(C)(C)[C@@H]4C(=O)O)CC2=O)cc1. The highest BCUT2D eigenvalue weighted by Gasteiger charge is 2.64. The molecule has 3 saturated heterocycles. The van der Waals surface area contributed by atoms with E-state index in [0.717, 1.165) is 0 Å². The molecule has 0 bridgehead atoms. The van der Waals surface area contributed by atoms with Gasteiger partial charge in [-0.2, -0.15) is 0 Å². The number of benzene rings is 1. The fourth-order valence-corrected chi connectivity index (χ4v) is 5.94. The van der Waals surface area contributed by atoms with Crippen molar-refractivity contribution in [3.8, 4) is 5.75 Å². The summed E-state index contributed by atoms with van der Waals surface area (Å²) in [7, 11) is 1.56. The number of methoxy groups -OCH3 is 1. The maximum atomic E-state index is 12.8. The van der Waals surface area contributed by atoms with Gasteiger partial charge in [-0.1, -0.05) is 0 Å². The van der Waals surface area contributed by atoms with E-state index in [1.165, 1.54) is 16.7 Å². The third kappa shape index (κ3) is 3.19. The Balaban J connectivity index is 1.41. The molecule has 10 heteroatoms. The molecule has 30 heavy (non-hydrogen) atoms. The Morgan fingerprint density at radius 2 is 1.90 bits per heavy atom. The topological polar surface area (TPSA) is 116 Å². The summed E-state index contributed by atoms with van der Waals surface area (Å²) in [5.74, 6) is -1.88. The van der Waals surface area contributed by atoms with Crippen molar-refractivity contribution in [1.29, 1.82) is 0 Å². The number of ether oxygens (including phenoxy) is 1. The van der Waals surface area contributed by atoms with Gasteiger partial charge in [0, 0.05) is 23.4 Å². The molecule has 1 aromatic carbocycles. The van der Waals surface area contributed by atoms with Crippen LogP contribution in [0.3, 0.4) is 0 Å². The molecule has 3 aliphatic rings. The average molecular weight is 433 g/mol. The largest absolute Gasteiger partial charge is 0.497 e. The molecule has 4 rings (SSSR count). The van der Waals surface area contributed by atoms with Crippen molar-refractivity contribution in [1.82, 2.24) is 10.2 Å². The second-order valence-corrected chi connectivity index (χ2v) is 9.96. The van der Waals surface area contributed by atoms with Crippen LogP contribution in [0.5, 0.6) is 5.75 Å². The summed E-state index contributed by atoms with van der Waals surface area (Å²) in [6.07, 6.45) is 0.0591. The molecule has 1 aromatic rings. The molecule has 1 unspecified atom stereocenters. The van der Waals surface area contributed by atoms with Crippen molar-refractivity contribution in [2.24, 2.45) is 5.92 Å². The second kappa shape index (κ2) is 7.19. The van der Waals surface area contributed by atoms with Crippen LogP contribution in [-0.2, 0) is 19.2 Å². The maximum absolute atomic E-state index is 12.8. The Morgan fingerprint density at radius 3 is 2.50 bits per heavy atom. The lowest BCUT2D eigenvalue weighted by molar-refractivity contribution is -0.161. The van der Waals surface area contributed by atoms with E-state index in [2.05, 4.69) is 5.32 Å². The van der Waals surface area contributed by atoms with E-state index in [9.17, 15) is 24.3 Å². The van der Waals surface area contributed by atoms with Gasteiger partial charge in [-0.25, -0.2) is 4.79 Å². The minimum absolute atomic E-state index is 0.0591. The van der Waals surface area contributed by atoms with E-state index in [0.29, 0.717) is 11.4 Å². The molecule has 160 valence electrons. The second-order valence-electron chi connectivity index (χ2n) is 8.19. The number of nitrogens with one attached hydrogen (secondary N) is 1. The molecule has 0 spiro atoms. The number of anilines is 1. The van der Waals surface area contributed by atoms with E-state index >= 15 is 0 Å². The summed E-state index contributed by atoms with van der Waals surface area (Å²) >= 11 is 1.37. The quantitative estimate of drug-likeness (QED) is 0.656. The van der Waals surface area contributed by atoms with Gasteiger partial charge in [-0.15, -0.1) is 11.8 Å². The van der Waals surface area contributed by atoms with Crippen LogP contribution in [0.25, 0.3) is 0 Å². The monoisotopic (exact) mass is 433 g/mol. The van der Waals surface area contributed by atoms with E-state index in [1.54, 1.807) is 50.1 Å². The lowest BCUT2D eigenvalue weighted by Crippen LogP contribution is -2.71. The molecule has 2 N–H and O–H groups in total. The zero-order valence-corrected chi connectivity index (χ0v) is 17.6. The number of hydrogen-bond donors (Lipinski definition) is 2. The van der Waals surface area contributed by atoms with Crippen LogP contribution in [0, 0.1) is 5.92 Å². The number of rotatable bonds is 5.